The number of carbonyl (C=O) groups is 2. The second-order valence-corrected chi connectivity index (χ2v) is 6.08. The second kappa shape index (κ2) is 7.69. The average molecular weight is 365 g/mol. The summed E-state index contributed by atoms with van der Waals surface area (Å²) in [5.41, 5.74) is 1.59. The van der Waals surface area contributed by atoms with Gasteiger partial charge in [-0.05, 0) is 32.1 Å². The molecule has 0 fully saturated rings. The Bertz CT molecular complexity index is 1010. The van der Waals surface area contributed by atoms with Gasteiger partial charge in [0.1, 0.15) is 11.4 Å². The quantitative estimate of drug-likeness (QED) is 0.582. The highest BCUT2D eigenvalue weighted by Gasteiger charge is 2.15. The van der Waals surface area contributed by atoms with Gasteiger partial charge in [0, 0.05) is 35.6 Å². The molecule has 0 aliphatic heterocycles. The first-order valence-corrected chi connectivity index (χ1v) is 8.31. The highest BCUT2D eigenvalue weighted by molar-refractivity contribution is 6.06. The minimum atomic E-state index is -0.330. The Labute approximate surface area is 155 Å². The molecule has 138 valence electrons. The van der Waals surface area contributed by atoms with Crippen LogP contribution in [0.15, 0.2) is 49.4 Å². The molecule has 2 amide bonds. The van der Waals surface area contributed by atoms with Crippen molar-refractivity contribution in [2.75, 3.05) is 5.32 Å². The summed E-state index contributed by atoms with van der Waals surface area (Å²) in [5.74, 6) is 0.174. The zero-order valence-electron chi connectivity index (χ0n) is 14.9. The predicted molar refractivity (Wildman–Crippen MR) is 102 cm³/mol. The Morgan fingerprint density at radius 3 is 2.85 bits per heavy atom. The van der Waals surface area contributed by atoms with Gasteiger partial charge >= 0.3 is 0 Å². The van der Waals surface area contributed by atoms with Crippen molar-refractivity contribution in [1.29, 1.82) is 0 Å². The maximum atomic E-state index is 12.3. The van der Waals surface area contributed by atoms with Crippen LogP contribution in [0.25, 0.3) is 11.0 Å². The number of carbonyl (C=O) groups excluding carboxylic acids is 2. The highest BCUT2D eigenvalue weighted by atomic mass is 16.5. The summed E-state index contributed by atoms with van der Waals surface area (Å²) in [6.45, 7) is 7.19. The van der Waals surface area contributed by atoms with E-state index in [0.717, 1.165) is 0 Å². The second-order valence-electron chi connectivity index (χ2n) is 6.08. The summed E-state index contributed by atoms with van der Waals surface area (Å²) in [7, 11) is 0. The van der Waals surface area contributed by atoms with Crippen molar-refractivity contribution >= 4 is 28.5 Å². The van der Waals surface area contributed by atoms with Gasteiger partial charge in [-0.2, -0.15) is 0 Å². The number of hydrogen-bond donors (Lipinski definition) is 3. The number of hydrogen-bond acceptors (Lipinski definition) is 5. The Hall–Kier alpha value is -3.68. The van der Waals surface area contributed by atoms with Crippen molar-refractivity contribution in [3.05, 3.63) is 55.0 Å². The maximum Gasteiger partial charge on any atom is 0.253 e. The van der Waals surface area contributed by atoms with Crippen LogP contribution in [-0.2, 0) is 4.79 Å². The van der Waals surface area contributed by atoms with Crippen molar-refractivity contribution < 1.29 is 14.3 Å². The number of amides is 2. The van der Waals surface area contributed by atoms with E-state index in [1.807, 2.05) is 13.8 Å². The number of pyridine rings is 2. The van der Waals surface area contributed by atoms with E-state index in [1.165, 1.54) is 18.5 Å². The number of ether oxygens (including phenoxy) is 1. The zero-order chi connectivity index (χ0) is 19.4. The van der Waals surface area contributed by atoms with E-state index in [2.05, 4.69) is 32.2 Å². The van der Waals surface area contributed by atoms with Gasteiger partial charge in [0.05, 0.1) is 11.8 Å². The molecule has 0 aromatic carbocycles. The topological polar surface area (TPSA) is 109 Å². The molecule has 0 aliphatic rings. The molecule has 3 aromatic heterocycles. The van der Waals surface area contributed by atoms with Gasteiger partial charge in [-0.3, -0.25) is 9.59 Å². The molecule has 0 aliphatic carbocycles. The number of nitrogens with zero attached hydrogens (tertiary/aromatic N) is 2. The first-order chi connectivity index (χ1) is 13.0. The lowest BCUT2D eigenvalue weighted by atomic mass is 10.2. The van der Waals surface area contributed by atoms with Crippen LogP contribution in [0.1, 0.15) is 24.2 Å². The number of aromatic amines is 1. The fourth-order valence-electron chi connectivity index (χ4n) is 2.42. The average Bonchev–Trinajstić information content (AvgIpc) is 3.04. The van der Waals surface area contributed by atoms with Gasteiger partial charge in [0.2, 0.25) is 11.8 Å². The third-order valence-electron chi connectivity index (χ3n) is 3.58. The van der Waals surface area contributed by atoms with Gasteiger partial charge in [-0.15, -0.1) is 0 Å². The van der Waals surface area contributed by atoms with E-state index in [-0.39, 0.29) is 23.7 Å². The molecular formula is C19H19N5O3. The maximum absolute atomic E-state index is 12.3. The van der Waals surface area contributed by atoms with Crippen LogP contribution < -0.4 is 15.4 Å². The molecule has 8 heteroatoms. The molecule has 0 bridgehead atoms. The van der Waals surface area contributed by atoms with E-state index in [1.54, 1.807) is 24.4 Å². The van der Waals surface area contributed by atoms with E-state index in [9.17, 15) is 9.59 Å². The fraction of sp³-hybridized carbons (Fsp3) is 0.158. The van der Waals surface area contributed by atoms with E-state index < -0.39 is 0 Å². The summed E-state index contributed by atoms with van der Waals surface area (Å²) >= 11 is 0. The first kappa shape index (κ1) is 18.1. The summed E-state index contributed by atoms with van der Waals surface area (Å²) in [6, 6.07) is 4.95. The van der Waals surface area contributed by atoms with Crippen LogP contribution >= 0.6 is 0 Å². The lowest BCUT2D eigenvalue weighted by molar-refractivity contribution is -0.111. The standard InChI is InChI=1S/C19H19N5O3/c1-4-16(25)24-12-5-6-20-17(7-12)27-13-8-14-15(19(26)23-11(2)3)10-22-18(14)21-9-13/h4-11H,1H2,2-3H3,(H,21,22)(H,23,26)(H,20,24,25). The van der Waals surface area contributed by atoms with Gasteiger partial charge < -0.3 is 20.4 Å². The van der Waals surface area contributed by atoms with Crippen molar-refractivity contribution in [2.24, 2.45) is 0 Å². The summed E-state index contributed by atoms with van der Waals surface area (Å²) < 4.78 is 5.73. The normalized spacial score (nSPS) is 10.6. The molecular weight excluding hydrogens is 346 g/mol. The molecule has 0 atom stereocenters. The van der Waals surface area contributed by atoms with Gasteiger partial charge in [0.15, 0.2) is 0 Å². The molecule has 3 aromatic rings. The minimum Gasteiger partial charge on any atom is -0.437 e. The third kappa shape index (κ3) is 4.30. The smallest absolute Gasteiger partial charge is 0.253 e. The molecule has 27 heavy (non-hydrogen) atoms. The largest absolute Gasteiger partial charge is 0.437 e. The van der Waals surface area contributed by atoms with Crippen LogP contribution in [-0.4, -0.2) is 32.8 Å². The molecule has 0 unspecified atom stereocenters. The van der Waals surface area contributed by atoms with Crippen molar-refractivity contribution in [1.82, 2.24) is 20.3 Å². The molecule has 8 nitrogen and oxygen atoms in total. The van der Waals surface area contributed by atoms with Gasteiger partial charge in [-0.25, -0.2) is 9.97 Å². The van der Waals surface area contributed by atoms with Crippen LogP contribution in [0.4, 0.5) is 5.69 Å². The van der Waals surface area contributed by atoms with Crippen molar-refractivity contribution in [3.8, 4) is 11.6 Å². The van der Waals surface area contributed by atoms with E-state index in [4.69, 9.17) is 4.74 Å². The number of anilines is 1. The number of fused-ring (bicyclic) bond motifs is 1. The van der Waals surface area contributed by atoms with Crippen LogP contribution in [0.2, 0.25) is 0 Å². The van der Waals surface area contributed by atoms with Crippen molar-refractivity contribution in [3.63, 3.8) is 0 Å². The number of aromatic nitrogens is 3. The minimum absolute atomic E-state index is 0.0209. The number of rotatable bonds is 6. The Morgan fingerprint density at radius 1 is 1.30 bits per heavy atom. The molecule has 3 heterocycles. The van der Waals surface area contributed by atoms with Crippen LogP contribution in [0.3, 0.4) is 0 Å². The zero-order valence-corrected chi connectivity index (χ0v) is 14.9. The first-order valence-electron chi connectivity index (χ1n) is 8.31. The monoisotopic (exact) mass is 365 g/mol. The third-order valence-corrected chi connectivity index (χ3v) is 3.58. The Balaban J connectivity index is 1.85. The number of H-pyrrole nitrogens is 1. The predicted octanol–water partition coefficient (Wildman–Crippen LogP) is 3.01. The fourth-order valence-corrected chi connectivity index (χ4v) is 2.42. The SMILES string of the molecule is C=CC(=O)Nc1ccnc(Oc2cnc3[nH]cc(C(=O)NC(C)C)c3c2)c1. The Kier molecular flexibility index (Phi) is 5.16. The highest BCUT2D eigenvalue weighted by Crippen LogP contribution is 2.26. The van der Waals surface area contributed by atoms with Crippen molar-refractivity contribution in [2.45, 2.75) is 19.9 Å². The number of nitrogens with one attached hydrogen (secondary N) is 3. The van der Waals surface area contributed by atoms with E-state index in [0.29, 0.717) is 28.0 Å². The van der Waals surface area contributed by atoms with E-state index >= 15 is 0 Å². The lowest BCUT2D eigenvalue weighted by Crippen LogP contribution is -2.29. The molecule has 0 saturated carbocycles. The van der Waals surface area contributed by atoms with Crippen LogP contribution in [0.5, 0.6) is 11.6 Å². The summed E-state index contributed by atoms with van der Waals surface area (Å²) in [4.78, 5) is 35.1. The molecule has 0 saturated heterocycles. The molecule has 3 N–H and O–H groups in total. The Morgan fingerprint density at radius 2 is 2.11 bits per heavy atom. The van der Waals surface area contributed by atoms with Crippen LogP contribution in [0, 0.1) is 0 Å². The molecule has 0 spiro atoms. The van der Waals surface area contributed by atoms with Gasteiger partial charge in [-0.1, -0.05) is 6.58 Å². The molecule has 0 radical (unpaired) electrons. The molecule has 3 rings (SSSR count). The summed E-state index contributed by atoms with van der Waals surface area (Å²) in [5, 5.41) is 6.12. The van der Waals surface area contributed by atoms with Gasteiger partial charge in [0.25, 0.3) is 5.91 Å². The lowest BCUT2D eigenvalue weighted by Gasteiger charge is -2.08. The summed E-state index contributed by atoms with van der Waals surface area (Å²) in [6.07, 6.45) is 5.83.